The first-order valence-electron chi connectivity index (χ1n) is 6.68. The minimum atomic E-state index is 0.635. The summed E-state index contributed by atoms with van der Waals surface area (Å²) in [4.78, 5) is 9.16. The first kappa shape index (κ1) is 12.2. The number of hydrogen-bond acceptors (Lipinski definition) is 3. The molecule has 0 aromatic carbocycles. The van der Waals surface area contributed by atoms with E-state index in [-0.39, 0.29) is 0 Å². The molecule has 1 aliphatic carbocycles. The predicted molar refractivity (Wildman–Crippen MR) is 75.1 cm³/mol. The van der Waals surface area contributed by atoms with Crippen molar-refractivity contribution in [1.82, 2.24) is 9.88 Å². The van der Waals surface area contributed by atoms with Gasteiger partial charge in [0, 0.05) is 25.3 Å². The lowest BCUT2D eigenvalue weighted by atomic mass is 9.97. The van der Waals surface area contributed by atoms with Gasteiger partial charge in [0.1, 0.15) is 5.82 Å². The molecular weight excluding hydrogens is 246 g/mol. The zero-order valence-electron chi connectivity index (χ0n) is 11.0. The van der Waals surface area contributed by atoms with Crippen LogP contribution in [0.5, 0.6) is 0 Å². The summed E-state index contributed by atoms with van der Waals surface area (Å²) >= 11 is 6.26. The van der Waals surface area contributed by atoms with Gasteiger partial charge < -0.3 is 9.80 Å². The Morgan fingerprint density at radius 2 is 2.11 bits per heavy atom. The van der Waals surface area contributed by atoms with Crippen LogP contribution < -0.4 is 4.90 Å². The van der Waals surface area contributed by atoms with E-state index in [1.165, 1.54) is 12.8 Å². The van der Waals surface area contributed by atoms with Crippen LogP contribution in [0.15, 0.2) is 18.3 Å². The predicted octanol–water partition coefficient (Wildman–Crippen LogP) is 2.51. The largest absolute Gasteiger partial charge is 0.353 e. The van der Waals surface area contributed by atoms with Gasteiger partial charge >= 0.3 is 0 Å². The van der Waals surface area contributed by atoms with E-state index in [1.54, 1.807) is 0 Å². The highest BCUT2D eigenvalue weighted by Crippen LogP contribution is 2.43. The summed E-state index contributed by atoms with van der Waals surface area (Å²) in [7, 11) is 4.37. The highest BCUT2D eigenvalue weighted by Gasteiger charge is 2.43. The van der Waals surface area contributed by atoms with E-state index >= 15 is 0 Å². The topological polar surface area (TPSA) is 19.4 Å². The SMILES string of the molecule is CN(C)[C@H]1CN(c2ncccc2Cl)C[C@@H]1C1CC1. The molecule has 0 bridgehead atoms. The van der Waals surface area contributed by atoms with Crippen molar-refractivity contribution >= 4 is 17.4 Å². The fraction of sp³-hybridized carbons (Fsp3) is 0.643. The number of likely N-dealkylation sites (N-methyl/N-ethyl adjacent to an activating group) is 1. The summed E-state index contributed by atoms with van der Waals surface area (Å²) in [6, 6.07) is 4.46. The average Bonchev–Trinajstić information content (AvgIpc) is 3.09. The summed E-state index contributed by atoms with van der Waals surface area (Å²) in [5, 5.41) is 0.770. The van der Waals surface area contributed by atoms with Crippen LogP contribution in [0.3, 0.4) is 0 Å². The summed E-state index contributed by atoms with van der Waals surface area (Å²) in [6.45, 7) is 2.15. The Kier molecular flexibility index (Phi) is 3.20. The molecule has 0 radical (unpaired) electrons. The number of hydrogen-bond donors (Lipinski definition) is 0. The number of aromatic nitrogens is 1. The van der Waals surface area contributed by atoms with Gasteiger partial charge in [0.2, 0.25) is 0 Å². The number of anilines is 1. The molecule has 2 heterocycles. The molecule has 2 aliphatic rings. The Balaban J connectivity index is 1.81. The van der Waals surface area contributed by atoms with E-state index in [0.717, 1.165) is 35.8 Å². The van der Waals surface area contributed by atoms with Gasteiger partial charge in [-0.05, 0) is 50.9 Å². The van der Waals surface area contributed by atoms with E-state index in [9.17, 15) is 0 Å². The number of rotatable bonds is 3. The fourth-order valence-corrected chi connectivity index (χ4v) is 3.37. The quantitative estimate of drug-likeness (QED) is 0.837. The van der Waals surface area contributed by atoms with Crippen molar-refractivity contribution < 1.29 is 0 Å². The smallest absolute Gasteiger partial charge is 0.147 e. The molecule has 1 aliphatic heterocycles. The van der Waals surface area contributed by atoms with Crippen LogP contribution in [0.1, 0.15) is 12.8 Å². The van der Waals surface area contributed by atoms with Crippen LogP contribution in [0.4, 0.5) is 5.82 Å². The molecule has 0 amide bonds. The van der Waals surface area contributed by atoms with Crippen LogP contribution in [-0.2, 0) is 0 Å². The zero-order valence-corrected chi connectivity index (χ0v) is 11.8. The summed E-state index contributed by atoms with van der Waals surface area (Å²) in [5.41, 5.74) is 0. The maximum atomic E-state index is 6.26. The van der Waals surface area contributed by atoms with Gasteiger partial charge in [-0.15, -0.1) is 0 Å². The van der Waals surface area contributed by atoms with Gasteiger partial charge in [-0.3, -0.25) is 0 Å². The second kappa shape index (κ2) is 4.71. The maximum absolute atomic E-state index is 6.26. The molecule has 2 fully saturated rings. The Hall–Kier alpha value is -0.800. The molecule has 18 heavy (non-hydrogen) atoms. The molecule has 1 aromatic heterocycles. The lowest BCUT2D eigenvalue weighted by Gasteiger charge is -2.24. The normalized spacial score (nSPS) is 28.1. The molecule has 3 nitrogen and oxygen atoms in total. The average molecular weight is 266 g/mol. The molecule has 0 N–H and O–H groups in total. The first-order valence-corrected chi connectivity index (χ1v) is 7.06. The van der Waals surface area contributed by atoms with Crippen LogP contribution in [0, 0.1) is 11.8 Å². The standard InChI is InChI=1S/C14H20ClN3/c1-17(2)13-9-18(8-11(13)10-5-6-10)14-12(15)4-3-7-16-14/h3-4,7,10-11,13H,5-6,8-9H2,1-2H3/t11-,13+/m1/s1. The zero-order chi connectivity index (χ0) is 12.7. The van der Waals surface area contributed by atoms with Gasteiger partial charge in [0.25, 0.3) is 0 Å². The van der Waals surface area contributed by atoms with Crippen LogP contribution >= 0.6 is 11.6 Å². The molecular formula is C14H20ClN3. The Morgan fingerprint density at radius 1 is 1.33 bits per heavy atom. The molecule has 1 saturated carbocycles. The van der Waals surface area contributed by atoms with Crippen LogP contribution in [-0.4, -0.2) is 43.1 Å². The van der Waals surface area contributed by atoms with Crippen molar-refractivity contribution in [3.8, 4) is 0 Å². The van der Waals surface area contributed by atoms with E-state index in [0.29, 0.717) is 6.04 Å². The number of halogens is 1. The molecule has 1 saturated heterocycles. The number of pyridine rings is 1. The van der Waals surface area contributed by atoms with E-state index in [1.807, 2.05) is 18.3 Å². The summed E-state index contributed by atoms with van der Waals surface area (Å²) < 4.78 is 0. The minimum absolute atomic E-state index is 0.635. The molecule has 4 heteroatoms. The fourth-order valence-electron chi connectivity index (χ4n) is 3.13. The summed E-state index contributed by atoms with van der Waals surface area (Å²) in [6.07, 6.45) is 4.63. The summed E-state index contributed by atoms with van der Waals surface area (Å²) in [5.74, 6) is 2.65. The second-order valence-electron chi connectivity index (χ2n) is 5.75. The van der Waals surface area contributed by atoms with Gasteiger partial charge in [-0.1, -0.05) is 11.6 Å². The molecule has 2 atom stereocenters. The van der Waals surface area contributed by atoms with Crippen molar-refractivity contribution in [2.24, 2.45) is 11.8 Å². The monoisotopic (exact) mass is 265 g/mol. The van der Waals surface area contributed by atoms with E-state index in [2.05, 4.69) is 28.9 Å². The Labute approximate surface area is 114 Å². The van der Waals surface area contributed by atoms with Crippen molar-refractivity contribution in [2.45, 2.75) is 18.9 Å². The van der Waals surface area contributed by atoms with Crippen molar-refractivity contribution in [3.05, 3.63) is 23.4 Å². The van der Waals surface area contributed by atoms with Gasteiger partial charge in [-0.2, -0.15) is 0 Å². The van der Waals surface area contributed by atoms with E-state index < -0.39 is 0 Å². The molecule has 1 aromatic rings. The molecule has 3 rings (SSSR count). The third-order valence-corrected chi connectivity index (χ3v) is 4.56. The molecule has 0 spiro atoms. The maximum Gasteiger partial charge on any atom is 0.147 e. The third kappa shape index (κ3) is 2.21. The highest BCUT2D eigenvalue weighted by molar-refractivity contribution is 6.32. The third-order valence-electron chi connectivity index (χ3n) is 4.26. The van der Waals surface area contributed by atoms with Crippen molar-refractivity contribution in [1.29, 1.82) is 0 Å². The van der Waals surface area contributed by atoms with Gasteiger partial charge in [-0.25, -0.2) is 4.98 Å². The van der Waals surface area contributed by atoms with Crippen LogP contribution in [0.25, 0.3) is 0 Å². The van der Waals surface area contributed by atoms with Gasteiger partial charge in [0.15, 0.2) is 0 Å². The second-order valence-corrected chi connectivity index (χ2v) is 6.15. The number of nitrogens with zero attached hydrogens (tertiary/aromatic N) is 3. The molecule has 98 valence electrons. The van der Waals surface area contributed by atoms with Crippen LogP contribution in [0.2, 0.25) is 5.02 Å². The Morgan fingerprint density at radius 3 is 2.72 bits per heavy atom. The minimum Gasteiger partial charge on any atom is -0.353 e. The van der Waals surface area contributed by atoms with Crippen molar-refractivity contribution in [3.63, 3.8) is 0 Å². The van der Waals surface area contributed by atoms with Gasteiger partial charge in [0.05, 0.1) is 5.02 Å². The van der Waals surface area contributed by atoms with Crippen molar-refractivity contribution in [2.75, 3.05) is 32.1 Å². The lowest BCUT2D eigenvalue weighted by Crippen LogP contribution is -2.36. The highest BCUT2D eigenvalue weighted by atomic mass is 35.5. The Bertz CT molecular complexity index is 421. The first-order chi connectivity index (χ1) is 8.66. The lowest BCUT2D eigenvalue weighted by molar-refractivity contribution is 0.238. The van der Waals surface area contributed by atoms with E-state index in [4.69, 9.17) is 11.6 Å². The molecule has 0 unspecified atom stereocenters.